The third-order valence-corrected chi connectivity index (χ3v) is 4.83. The predicted molar refractivity (Wildman–Crippen MR) is 119 cm³/mol. The quantitative estimate of drug-likeness (QED) is 0.600. The zero-order chi connectivity index (χ0) is 22.0. The van der Waals surface area contributed by atoms with Gasteiger partial charge in [0.1, 0.15) is 18.3 Å². The van der Waals surface area contributed by atoms with Gasteiger partial charge in [-0.3, -0.25) is 14.2 Å². The van der Waals surface area contributed by atoms with Crippen molar-refractivity contribution in [3.63, 3.8) is 0 Å². The number of amides is 1. The Hall–Kier alpha value is -2.96. The molecule has 0 saturated heterocycles. The number of carbonyl (C=O) groups is 1. The third kappa shape index (κ3) is 4.78. The number of aromatic nitrogens is 4. The molecule has 1 amide bonds. The summed E-state index contributed by atoms with van der Waals surface area (Å²) in [7, 11) is 0. The molecule has 0 bridgehead atoms. The molecule has 2 heterocycles. The van der Waals surface area contributed by atoms with E-state index in [-0.39, 0.29) is 18.0 Å². The maximum absolute atomic E-state index is 13.0. The summed E-state index contributed by atoms with van der Waals surface area (Å²) in [5.41, 5.74) is 3.34. The fourth-order valence-electron chi connectivity index (χ4n) is 3.73. The van der Waals surface area contributed by atoms with E-state index >= 15 is 0 Å². The van der Waals surface area contributed by atoms with Gasteiger partial charge in [-0.2, -0.15) is 5.10 Å². The van der Waals surface area contributed by atoms with Crippen LogP contribution in [0.4, 0.5) is 0 Å². The smallest absolute Gasteiger partial charge is 0.264 e. The predicted octanol–water partition coefficient (Wildman–Crippen LogP) is 3.34. The normalized spacial score (nSPS) is 11.6. The van der Waals surface area contributed by atoms with Gasteiger partial charge < -0.3 is 4.90 Å². The molecule has 0 saturated carbocycles. The van der Waals surface area contributed by atoms with E-state index in [4.69, 9.17) is 0 Å². The highest BCUT2D eigenvalue weighted by Gasteiger charge is 2.19. The number of aryl methyl sites for hydroxylation is 2. The van der Waals surface area contributed by atoms with Crippen molar-refractivity contribution in [3.05, 3.63) is 52.2 Å². The molecule has 3 aromatic rings. The number of carbonyl (C=O) groups excluding carboxylic acids is 1. The molecule has 30 heavy (non-hydrogen) atoms. The Morgan fingerprint density at radius 2 is 1.63 bits per heavy atom. The van der Waals surface area contributed by atoms with Crippen LogP contribution >= 0.6 is 0 Å². The molecule has 160 valence electrons. The van der Waals surface area contributed by atoms with Gasteiger partial charge in [0.2, 0.25) is 5.91 Å². The Balaban J connectivity index is 1.92. The first-order chi connectivity index (χ1) is 14.2. The van der Waals surface area contributed by atoms with Crippen LogP contribution in [0.15, 0.2) is 35.5 Å². The molecule has 0 aliphatic heterocycles. The second-order valence-electron chi connectivity index (χ2n) is 8.90. The van der Waals surface area contributed by atoms with Crippen molar-refractivity contribution in [2.45, 2.75) is 48.1 Å². The van der Waals surface area contributed by atoms with Gasteiger partial charge in [0.15, 0.2) is 5.65 Å². The summed E-state index contributed by atoms with van der Waals surface area (Å²) in [6.07, 6.45) is 2.98. The number of hydrogen-bond acceptors (Lipinski definition) is 4. The van der Waals surface area contributed by atoms with Crippen LogP contribution < -0.4 is 5.56 Å². The van der Waals surface area contributed by atoms with Crippen molar-refractivity contribution in [2.24, 2.45) is 11.8 Å². The molecule has 3 rings (SSSR count). The Kier molecular flexibility index (Phi) is 6.39. The SMILES string of the molecule is Cc1cc(C)cc(-n2ncc3c(=O)n(CC(=O)N(CC(C)C)CC(C)C)cnc32)c1. The Morgan fingerprint density at radius 1 is 1.03 bits per heavy atom. The number of rotatable bonds is 7. The molecule has 0 aliphatic rings. The summed E-state index contributed by atoms with van der Waals surface area (Å²) in [5, 5.41) is 4.79. The van der Waals surface area contributed by atoms with Crippen LogP contribution in [0.2, 0.25) is 0 Å². The van der Waals surface area contributed by atoms with Gasteiger partial charge in [-0.1, -0.05) is 33.8 Å². The van der Waals surface area contributed by atoms with E-state index in [1.807, 2.05) is 30.9 Å². The summed E-state index contributed by atoms with van der Waals surface area (Å²) < 4.78 is 3.05. The van der Waals surface area contributed by atoms with Crippen molar-refractivity contribution in [3.8, 4) is 5.69 Å². The fourth-order valence-corrected chi connectivity index (χ4v) is 3.73. The van der Waals surface area contributed by atoms with Crippen LogP contribution in [0.1, 0.15) is 38.8 Å². The highest BCUT2D eigenvalue weighted by molar-refractivity contribution is 5.78. The second-order valence-corrected chi connectivity index (χ2v) is 8.90. The molecule has 0 N–H and O–H groups in total. The van der Waals surface area contributed by atoms with E-state index in [0.717, 1.165) is 16.8 Å². The summed E-state index contributed by atoms with van der Waals surface area (Å²) in [5.74, 6) is 0.657. The first-order valence-electron chi connectivity index (χ1n) is 10.4. The average molecular weight is 410 g/mol. The number of fused-ring (bicyclic) bond motifs is 1. The minimum Gasteiger partial charge on any atom is -0.341 e. The molecule has 0 radical (unpaired) electrons. The van der Waals surface area contributed by atoms with E-state index < -0.39 is 0 Å². The van der Waals surface area contributed by atoms with E-state index in [0.29, 0.717) is 36.0 Å². The van der Waals surface area contributed by atoms with Gasteiger partial charge >= 0.3 is 0 Å². The lowest BCUT2D eigenvalue weighted by Gasteiger charge is -2.26. The molecule has 0 fully saturated rings. The summed E-state index contributed by atoms with van der Waals surface area (Å²) in [6.45, 7) is 13.7. The molecule has 0 aliphatic carbocycles. The van der Waals surface area contributed by atoms with E-state index in [9.17, 15) is 9.59 Å². The zero-order valence-electron chi connectivity index (χ0n) is 18.7. The number of nitrogens with zero attached hydrogens (tertiary/aromatic N) is 5. The molecule has 7 heteroatoms. The van der Waals surface area contributed by atoms with Crippen LogP contribution in [0, 0.1) is 25.7 Å². The van der Waals surface area contributed by atoms with Gasteiger partial charge in [-0.05, 0) is 48.9 Å². The van der Waals surface area contributed by atoms with Crippen LogP contribution in [-0.4, -0.2) is 43.2 Å². The van der Waals surface area contributed by atoms with Gasteiger partial charge in [-0.25, -0.2) is 9.67 Å². The lowest BCUT2D eigenvalue weighted by atomic mass is 10.1. The fraction of sp³-hybridized carbons (Fsp3) is 0.478. The standard InChI is InChI=1S/C23H31N5O2/c1-15(2)11-26(12-16(3)4)21(29)13-27-14-24-22-20(23(27)30)10-25-28(22)19-8-17(5)7-18(6)9-19/h7-10,14-16H,11-13H2,1-6H3. The van der Waals surface area contributed by atoms with Gasteiger partial charge in [0, 0.05) is 13.1 Å². The minimum absolute atomic E-state index is 0.0179. The highest BCUT2D eigenvalue weighted by atomic mass is 16.2. The van der Waals surface area contributed by atoms with Gasteiger partial charge in [0.25, 0.3) is 5.56 Å². The van der Waals surface area contributed by atoms with E-state index in [1.54, 1.807) is 4.68 Å². The van der Waals surface area contributed by atoms with Crippen LogP contribution in [0.25, 0.3) is 16.7 Å². The van der Waals surface area contributed by atoms with Crippen molar-refractivity contribution in [1.82, 2.24) is 24.2 Å². The molecule has 0 unspecified atom stereocenters. The molecule has 1 aromatic carbocycles. The number of hydrogen-bond donors (Lipinski definition) is 0. The van der Waals surface area contributed by atoms with E-state index in [2.05, 4.69) is 43.8 Å². The maximum Gasteiger partial charge on any atom is 0.264 e. The topological polar surface area (TPSA) is 73.0 Å². The van der Waals surface area contributed by atoms with Crippen LogP contribution in [0.5, 0.6) is 0 Å². The van der Waals surface area contributed by atoms with Crippen LogP contribution in [-0.2, 0) is 11.3 Å². The molecule has 0 atom stereocenters. The van der Waals surface area contributed by atoms with Crippen LogP contribution in [0.3, 0.4) is 0 Å². The van der Waals surface area contributed by atoms with Crippen molar-refractivity contribution >= 4 is 16.9 Å². The Bertz CT molecular complexity index is 1080. The monoisotopic (exact) mass is 409 g/mol. The van der Waals surface area contributed by atoms with Gasteiger partial charge in [-0.15, -0.1) is 0 Å². The zero-order valence-corrected chi connectivity index (χ0v) is 18.7. The highest BCUT2D eigenvalue weighted by Crippen LogP contribution is 2.17. The largest absolute Gasteiger partial charge is 0.341 e. The summed E-state index contributed by atoms with van der Waals surface area (Å²) in [6, 6.07) is 6.10. The van der Waals surface area contributed by atoms with Crippen molar-refractivity contribution in [1.29, 1.82) is 0 Å². The van der Waals surface area contributed by atoms with Gasteiger partial charge in [0.05, 0.1) is 11.9 Å². The molecule has 7 nitrogen and oxygen atoms in total. The third-order valence-electron chi connectivity index (χ3n) is 4.83. The number of benzene rings is 1. The first-order valence-corrected chi connectivity index (χ1v) is 10.4. The molecule has 0 spiro atoms. The van der Waals surface area contributed by atoms with Crippen molar-refractivity contribution in [2.75, 3.05) is 13.1 Å². The Labute approximate surface area is 177 Å². The summed E-state index contributed by atoms with van der Waals surface area (Å²) in [4.78, 5) is 32.2. The summed E-state index contributed by atoms with van der Waals surface area (Å²) >= 11 is 0. The second kappa shape index (κ2) is 8.81. The van der Waals surface area contributed by atoms with E-state index in [1.165, 1.54) is 17.1 Å². The van der Waals surface area contributed by atoms with Crippen molar-refractivity contribution < 1.29 is 4.79 Å². The minimum atomic E-state index is -0.252. The molecular weight excluding hydrogens is 378 g/mol. The Morgan fingerprint density at radius 3 is 2.20 bits per heavy atom. The first kappa shape index (κ1) is 21.7. The lowest BCUT2D eigenvalue weighted by molar-refractivity contribution is -0.133. The lowest BCUT2D eigenvalue weighted by Crippen LogP contribution is -2.40. The maximum atomic E-state index is 13.0. The average Bonchev–Trinajstić information content (AvgIpc) is 3.06. The molecular formula is C23H31N5O2. The molecule has 2 aromatic heterocycles.